The van der Waals surface area contributed by atoms with E-state index in [-0.39, 0.29) is 11.6 Å². The molecule has 0 saturated carbocycles. The first-order valence-corrected chi connectivity index (χ1v) is 11.2. The Kier molecular flexibility index (Phi) is 5.24. The molecule has 0 radical (unpaired) electrons. The third-order valence-corrected chi connectivity index (χ3v) is 6.63. The summed E-state index contributed by atoms with van der Waals surface area (Å²) in [7, 11) is 0. The number of carbonyl (C=O) groups is 1. The maximum Gasteiger partial charge on any atom is 0.254 e. The molecular formula is C23H20F2N6OS. The number of carbonyl (C=O) groups excluding carboxylic acids is 1. The Hall–Kier alpha value is -3.53. The number of amides is 1. The fourth-order valence-electron chi connectivity index (χ4n) is 4.18. The van der Waals surface area contributed by atoms with E-state index in [0.29, 0.717) is 52.3 Å². The number of rotatable bonds is 3. The summed E-state index contributed by atoms with van der Waals surface area (Å²) >= 11 is 1.23. The van der Waals surface area contributed by atoms with Gasteiger partial charge in [0.1, 0.15) is 11.6 Å². The van der Waals surface area contributed by atoms with Crippen LogP contribution in [0.2, 0.25) is 0 Å². The number of hydrogen-bond acceptors (Lipinski definition) is 6. The highest BCUT2D eigenvalue weighted by Crippen LogP contribution is 2.39. The van der Waals surface area contributed by atoms with Gasteiger partial charge in [0.2, 0.25) is 0 Å². The molecule has 1 aliphatic heterocycles. The number of benzene rings is 1. The molecule has 5 rings (SSSR count). The van der Waals surface area contributed by atoms with E-state index in [1.807, 2.05) is 11.5 Å². The standard InChI is InChI=1S/C23H20F2N6OS/c1-12-18(25)17(8-9-26-12)19-20-13(2)30(23(32)15-4-6-16(24)7-5-15)10-11-31(20)21(28-19)22-27-14(3)29-33-22/h4-9,13H,10-11H2,1-3H3/t13-/m1/s1. The Balaban J connectivity index is 1.65. The maximum atomic E-state index is 15.1. The van der Waals surface area contributed by atoms with Gasteiger partial charge in [0.15, 0.2) is 16.6 Å². The van der Waals surface area contributed by atoms with Gasteiger partial charge >= 0.3 is 0 Å². The van der Waals surface area contributed by atoms with Crippen molar-refractivity contribution in [2.75, 3.05) is 6.54 Å². The summed E-state index contributed by atoms with van der Waals surface area (Å²) < 4.78 is 34.7. The van der Waals surface area contributed by atoms with Crippen molar-refractivity contribution < 1.29 is 13.6 Å². The summed E-state index contributed by atoms with van der Waals surface area (Å²) in [5.74, 6) is 0.157. The average Bonchev–Trinajstić information content (AvgIpc) is 3.40. The minimum absolute atomic E-state index is 0.222. The SMILES string of the molecule is Cc1nsc(-c2nc(-c3ccnc(C)c3F)c3n2CCN(C(=O)c2ccc(F)cc2)[C@@H]3C)n1. The quantitative estimate of drug-likeness (QED) is 0.442. The second kappa shape index (κ2) is 8.11. The number of fused-ring (bicyclic) bond motifs is 1. The molecule has 1 atom stereocenters. The molecular weight excluding hydrogens is 446 g/mol. The molecule has 1 aromatic carbocycles. The Morgan fingerprint density at radius 2 is 1.85 bits per heavy atom. The van der Waals surface area contributed by atoms with Crippen LogP contribution in [0.25, 0.3) is 22.1 Å². The lowest BCUT2D eigenvalue weighted by molar-refractivity contribution is 0.0645. The Morgan fingerprint density at radius 3 is 2.55 bits per heavy atom. The second-order valence-electron chi connectivity index (χ2n) is 7.91. The molecule has 1 aliphatic rings. The highest BCUT2D eigenvalue weighted by Gasteiger charge is 2.35. The van der Waals surface area contributed by atoms with Gasteiger partial charge in [0.05, 0.1) is 23.1 Å². The van der Waals surface area contributed by atoms with E-state index in [2.05, 4.69) is 14.3 Å². The molecule has 7 nitrogen and oxygen atoms in total. The molecule has 0 spiro atoms. The van der Waals surface area contributed by atoms with Crippen molar-refractivity contribution in [3.8, 4) is 22.1 Å². The predicted molar refractivity (Wildman–Crippen MR) is 120 cm³/mol. The summed E-state index contributed by atoms with van der Waals surface area (Å²) in [6, 6.07) is 6.66. The Bertz CT molecular complexity index is 1360. The minimum Gasteiger partial charge on any atom is -0.329 e. The topological polar surface area (TPSA) is 76.8 Å². The van der Waals surface area contributed by atoms with Gasteiger partial charge < -0.3 is 9.47 Å². The van der Waals surface area contributed by atoms with Crippen LogP contribution in [-0.2, 0) is 6.54 Å². The van der Waals surface area contributed by atoms with Crippen molar-refractivity contribution in [2.45, 2.75) is 33.4 Å². The van der Waals surface area contributed by atoms with E-state index in [0.717, 1.165) is 0 Å². The summed E-state index contributed by atoms with van der Waals surface area (Å²) in [6.45, 7) is 6.17. The van der Waals surface area contributed by atoms with E-state index in [4.69, 9.17) is 4.98 Å². The van der Waals surface area contributed by atoms with Crippen LogP contribution in [-0.4, -0.2) is 41.2 Å². The van der Waals surface area contributed by atoms with Gasteiger partial charge in [-0.25, -0.2) is 18.7 Å². The molecule has 0 bridgehead atoms. The molecule has 3 aromatic heterocycles. The van der Waals surface area contributed by atoms with E-state index in [1.165, 1.54) is 35.8 Å². The number of hydrogen-bond donors (Lipinski definition) is 0. The van der Waals surface area contributed by atoms with E-state index < -0.39 is 17.7 Å². The first-order valence-electron chi connectivity index (χ1n) is 10.4. The van der Waals surface area contributed by atoms with Crippen molar-refractivity contribution >= 4 is 17.4 Å². The van der Waals surface area contributed by atoms with Gasteiger partial charge in [-0.15, -0.1) is 0 Å². The Morgan fingerprint density at radius 1 is 1.09 bits per heavy atom. The van der Waals surface area contributed by atoms with E-state index >= 15 is 4.39 Å². The summed E-state index contributed by atoms with van der Waals surface area (Å²) in [4.78, 5) is 28.2. The highest BCUT2D eigenvalue weighted by atomic mass is 32.1. The van der Waals surface area contributed by atoms with Gasteiger partial charge in [0, 0.05) is 30.4 Å². The smallest absolute Gasteiger partial charge is 0.254 e. The second-order valence-corrected chi connectivity index (χ2v) is 8.66. The van der Waals surface area contributed by atoms with Crippen LogP contribution in [0.4, 0.5) is 8.78 Å². The third kappa shape index (κ3) is 3.60. The monoisotopic (exact) mass is 466 g/mol. The van der Waals surface area contributed by atoms with Gasteiger partial charge in [-0.05, 0) is 62.6 Å². The van der Waals surface area contributed by atoms with Gasteiger partial charge in [0.25, 0.3) is 5.91 Å². The first kappa shape index (κ1) is 21.3. The fraction of sp³-hybridized carbons (Fsp3) is 0.261. The molecule has 168 valence electrons. The molecule has 10 heteroatoms. The molecule has 0 aliphatic carbocycles. The third-order valence-electron chi connectivity index (χ3n) is 5.82. The molecule has 4 aromatic rings. The van der Waals surface area contributed by atoms with Crippen molar-refractivity contribution in [2.24, 2.45) is 0 Å². The maximum absolute atomic E-state index is 15.1. The lowest BCUT2D eigenvalue weighted by atomic mass is 10.0. The zero-order valence-corrected chi connectivity index (χ0v) is 19.0. The molecule has 0 saturated heterocycles. The van der Waals surface area contributed by atoms with Crippen LogP contribution in [0, 0.1) is 25.5 Å². The van der Waals surface area contributed by atoms with Crippen LogP contribution in [0.3, 0.4) is 0 Å². The van der Waals surface area contributed by atoms with Crippen LogP contribution in [0.15, 0.2) is 36.5 Å². The normalized spacial score (nSPS) is 15.5. The molecule has 0 N–H and O–H groups in total. The molecule has 33 heavy (non-hydrogen) atoms. The lowest BCUT2D eigenvalue weighted by Gasteiger charge is -2.35. The molecule has 0 unspecified atom stereocenters. The molecule has 0 fully saturated rings. The first-order chi connectivity index (χ1) is 15.8. The van der Waals surface area contributed by atoms with Crippen LogP contribution < -0.4 is 0 Å². The van der Waals surface area contributed by atoms with Crippen LogP contribution >= 0.6 is 11.5 Å². The number of halogens is 2. The zero-order valence-electron chi connectivity index (χ0n) is 18.2. The van der Waals surface area contributed by atoms with Crippen molar-refractivity contribution in [3.05, 3.63) is 70.9 Å². The number of pyridine rings is 1. The largest absolute Gasteiger partial charge is 0.329 e. The number of imidazole rings is 1. The minimum atomic E-state index is -0.451. The highest BCUT2D eigenvalue weighted by molar-refractivity contribution is 7.09. The zero-order chi connectivity index (χ0) is 23.3. The Labute approximate surface area is 192 Å². The molecule has 1 amide bonds. The van der Waals surface area contributed by atoms with Crippen LogP contribution in [0.1, 0.15) is 40.5 Å². The van der Waals surface area contributed by atoms with Crippen molar-refractivity contribution in [1.82, 2.24) is 28.8 Å². The average molecular weight is 467 g/mol. The van der Waals surface area contributed by atoms with E-state index in [1.54, 1.807) is 31.0 Å². The lowest BCUT2D eigenvalue weighted by Crippen LogP contribution is -2.41. The van der Waals surface area contributed by atoms with Crippen LogP contribution in [0.5, 0.6) is 0 Å². The molecule has 4 heterocycles. The van der Waals surface area contributed by atoms with Gasteiger partial charge in [-0.3, -0.25) is 9.78 Å². The van der Waals surface area contributed by atoms with Gasteiger partial charge in [-0.1, -0.05) is 0 Å². The summed E-state index contributed by atoms with van der Waals surface area (Å²) in [6.07, 6.45) is 1.54. The predicted octanol–water partition coefficient (Wildman–Crippen LogP) is 4.58. The summed E-state index contributed by atoms with van der Waals surface area (Å²) in [5.41, 5.74) is 2.14. The fourth-order valence-corrected chi connectivity index (χ4v) is 4.85. The van der Waals surface area contributed by atoms with Crippen molar-refractivity contribution in [3.63, 3.8) is 0 Å². The number of nitrogens with zero attached hydrogens (tertiary/aromatic N) is 6. The number of aromatic nitrogens is 5. The summed E-state index contributed by atoms with van der Waals surface area (Å²) in [5, 5.41) is 0.636. The van der Waals surface area contributed by atoms with Gasteiger partial charge in [-0.2, -0.15) is 4.37 Å². The number of aryl methyl sites for hydroxylation is 2. The van der Waals surface area contributed by atoms with E-state index in [9.17, 15) is 9.18 Å². The van der Waals surface area contributed by atoms with Crippen molar-refractivity contribution in [1.29, 1.82) is 0 Å².